The lowest BCUT2D eigenvalue weighted by Gasteiger charge is -2.13. The molecule has 0 fully saturated rings. The average molecular weight is 393 g/mol. The third-order valence-corrected chi connectivity index (χ3v) is 5.15. The number of aromatic nitrogens is 4. The summed E-state index contributed by atoms with van der Waals surface area (Å²) in [5.74, 6) is 2.12. The van der Waals surface area contributed by atoms with Crippen LogP contribution in [0.15, 0.2) is 58.4 Å². The molecule has 0 atom stereocenters. The van der Waals surface area contributed by atoms with Crippen LogP contribution in [0.5, 0.6) is 0 Å². The Hall–Kier alpha value is -3.13. The highest BCUT2D eigenvalue weighted by Crippen LogP contribution is 2.21. The SMILES string of the molecule is Cc1cccc2[nH]c(CN(C)C(=O)c3ccc(CSc4ncccn4)o3)nc12. The van der Waals surface area contributed by atoms with Crippen LogP contribution in [0, 0.1) is 6.92 Å². The minimum atomic E-state index is -0.190. The molecule has 4 aromatic rings. The molecule has 0 bridgehead atoms. The van der Waals surface area contributed by atoms with Crippen molar-refractivity contribution >= 4 is 28.7 Å². The summed E-state index contributed by atoms with van der Waals surface area (Å²) in [6.07, 6.45) is 3.39. The van der Waals surface area contributed by atoms with Gasteiger partial charge in [0.15, 0.2) is 10.9 Å². The number of hydrogen-bond donors (Lipinski definition) is 1. The second-order valence-corrected chi connectivity index (χ2v) is 7.34. The van der Waals surface area contributed by atoms with Gasteiger partial charge >= 0.3 is 0 Å². The first-order chi connectivity index (χ1) is 13.6. The molecule has 0 saturated heterocycles. The third kappa shape index (κ3) is 3.91. The third-order valence-electron chi connectivity index (χ3n) is 4.26. The summed E-state index contributed by atoms with van der Waals surface area (Å²) in [5, 5.41) is 0.670. The minimum absolute atomic E-state index is 0.190. The summed E-state index contributed by atoms with van der Waals surface area (Å²) in [4.78, 5) is 30.4. The number of benzene rings is 1. The summed E-state index contributed by atoms with van der Waals surface area (Å²) >= 11 is 1.46. The van der Waals surface area contributed by atoms with Gasteiger partial charge in [0.1, 0.15) is 11.6 Å². The molecule has 0 unspecified atom stereocenters. The van der Waals surface area contributed by atoms with Gasteiger partial charge in [-0.3, -0.25) is 4.79 Å². The van der Waals surface area contributed by atoms with E-state index in [2.05, 4.69) is 19.9 Å². The molecule has 4 rings (SSSR count). The molecule has 0 aliphatic carbocycles. The van der Waals surface area contributed by atoms with Gasteiger partial charge in [-0.2, -0.15) is 0 Å². The number of rotatable bonds is 6. The van der Waals surface area contributed by atoms with Crippen molar-refractivity contribution in [2.45, 2.75) is 24.4 Å². The molecule has 7 nitrogen and oxygen atoms in total. The lowest BCUT2D eigenvalue weighted by atomic mass is 10.2. The van der Waals surface area contributed by atoms with Crippen LogP contribution in [0.1, 0.15) is 27.7 Å². The second kappa shape index (κ2) is 7.85. The maximum absolute atomic E-state index is 12.7. The maximum atomic E-state index is 12.7. The van der Waals surface area contributed by atoms with Gasteiger partial charge in [0.2, 0.25) is 0 Å². The molecule has 1 N–H and O–H groups in total. The predicted molar refractivity (Wildman–Crippen MR) is 107 cm³/mol. The van der Waals surface area contributed by atoms with Gasteiger partial charge in [-0.25, -0.2) is 15.0 Å². The van der Waals surface area contributed by atoms with E-state index >= 15 is 0 Å². The molecule has 0 radical (unpaired) electrons. The monoisotopic (exact) mass is 393 g/mol. The summed E-state index contributed by atoms with van der Waals surface area (Å²) in [6.45, 7) is 2.39. The topological polar surface area (TPSA) is 87.9 Å². The largest absolute Gasteiger partial charge is 0.455 e. The van der Waals surface area contributed by atoms with Crippen molar-refractivity contribution in [2.24, 2.45) is 0 Å². The highest BCUT2D eigenvalue weighted by Gasteiger charge is 2.18. The quantitative estimate of drug-likeness (QED) is 0.396. The molecular weight excluding hydrogens is 374 g/mol. The zero-order valence-electron chi connectivity index (χ0n) is 15.5. The van der Waals surface area contributed by atoms with Crippen molar-refractivity contribution in [3.63, 3.8) is 0 Å². The van der Waals surface area contributed by atoms with Crippen LogP contribution in [0.25, 0.3) is 11.0 Å². The normalized spacial score (nSPS) is 11.1. The van der Waals surface area contributed by atoms with E-state index in [0.29, 0.717) is 29.0 Å². The maximum Gasteiger partial charge on any atom is 0.289 e. The summed E-state index contributed by atoms with van der Waals surface area (Å²) in [5.41, 5.74) is 3.00. The van der Waals surface area contributed by atoms with Crippen molar-refractivity contribution in [1.29, 1.82) is 0 Å². The molecule has 28 heavy (non-hydrogen) atoms. The fourth-order valence-electron chi connectivity index (χ4n) is 2.85. The number of amides is 1. The van der Waals surface area contributed by atoms with Crippen molar-refractivity contribution in [3.05, 3.63) is 71.7 Å². The lowest BCUT2D eigenvalue weighted by molar-refractivity contribution is 0.0749. The first-order valence-electron chi connectivity index (χ1n) is 8.78. The van der Waals surface area contributed by atoms with Crippen LogP contribution in [-0.4, -0.2) is 37.8 Å². The molecule has 0 aliphatic heterocycles. The van der Waals surface area contributed by atoms with Crippen molar-refractivity contribution in [1.82, 2.24) is 24.8 Å². The smallest absolute Gasteiger partial charge is 0.289 e. The first kappa shape index (κ1) is 18.2. The number of aryl methyl sites for hydroxylation is 1. The zero-order chi connectivity index (χ0) is 19.5. The molecule has 8 heteroatoms. The average Bonchev–Trinajstić information content (AvgIpc) is 3.34. The van der Waals surface area contributed by atoms with Crippen LogP contribution in [-0.2, 0) is 12.3 Å². The molecule has 3 aromatic heterocycles. The Morgan fingerprint density at radius 2 is 2.00 bits per heavy atom. The van der Waals surface area contributed by atoms with Gasteiger partial charge in [-0.05, 0) is 36.8 Å². The number of imidazole rings is 1. The standard InChI is InChI=1S/C20H19N5O2S/c1-13-5-3-6-15-18(13)24-17(23-15)11-25(2)19(26)16-8-7-14(27-16)12-28-20-21-9-4-10-22-20/h3-10H,11-12H2,1-2H3,(H,23,24). The lowest BCUT2D eigenvalue weighted by Crippen LogP contribution is -2.26. The van der Waals surface area contributed by atoms with Crippen LogP contribution < -0.4 is 0 Å². The fourth-order valence-corrected chi connectivity index (χ4v) is 3.55. The summed E-state index contributed by atoms with van der Waals surface area (Å²) in [7, 11) is 1.73. The number of carbonyl (C=O) groups is 1. The van der Waals surface area contributed by atoms with E-state index in [9.17, 15) is 4.79 Å². The number of carbonyl (C=O) groups excluding carboxylic acids is 1. The summed E-state index contributed by atoms with van der Waals surface area (Å²) in [6, 6.07) is 11.3. The number of aromatic amines is 1. The Morgan fingerprint density at radius 3 is 2.79 bits per heavy atom. The number of nitrogens with zero attached hydrogens (tertiary/aromatic N) is 4. The van der Waals surface area contributed by atoms with Gasteiger partial charge in [0.25, 0.3) is 5.91 Å². The molecule has 0 spiro atoms. The Kier molecular flexibility index (Phi) is 5.12. The molecule has 0 saturated carbocycles. The van der Waals surface area contributed by atoms with Crippen molar-refractivity contribution in [3.8, 4) is 0 Å². The van der Waals surface area contributed by atoms with Crippen LogP contribution in [0.4, 0.5) is 0 Å². The molecule has 142 valence electrons. The van der Waals surface area contributed by atoms with Gasteiger partial charge in [-0.1, -0.05) is 23.9 Å². The van der Waals surface area contributed by atoms with Crippen LogP contribution in [0.2, 0.25) is 0 Å². The van der Waals surface area contributed by atoms with Gasteiger partial charge in [0.05, 0.1) is 23.3 Å². The van der Waals surface area contributed by atoms with Crippen LogP contribution >= 0.6 is 11.8 Å². The van der Waals surface area contributed by atoms with Gasteiger partial charge in [-0.15, -0.1) is 0 Å². The van der Waals surface area contributed by atoms with Gasteiger partial charge < -0.3 is 14.3 Å². The number of nitrogens with one attached hydrogen (secondary N) is 1. The first-order valence-corrected chi connectivity index (χ1v) is 9.77. The zero-order valence-corrected chi connectivity index (χ0v) is 16.4. The number of furan rings is 1. The highest BCUT2D eigenvalue weighted by atomic mass is 32.2. The van der Waals surface area contributed by atoms with Crippen molar-refractivity contribution < 1.29 is 9.21 Å². The van der Waals surface area contributed by atoms with E-state index in [4.69, 9.17) is 4.42 Å². The molecule has 1 amide bonds. The van der Waals surface area contributed by atoms with E-state index in [1.165, 1.54) is 11.8 Å². The van der Waals surface area contributed by atoms with E-state index in [0.717, 1.165) is 22.4 Å². The van der Waals surface area contributed by atoms with E-state index in [-0.39, 0.29) is 5.91 Å². The Labute approximate surface area is 166 Å². The predicted octanol–water partition coefficient (Wildman–Crippen LogP) is 3.82. The number of fused-ring (bicyclic) bond motifs is 1. The number of H-pyrrole nitrogens is 1. The Morgan fingerprint density at radius 1 is 1.18 bits per heavy atom. The van der Waals surface area contributed by atoms with E-state index in [1.807, 2.05) is 31.2 Å². The molecular formula is C20H19N5O2S. The fraction of sp³-hybridized carbons (Fsp3) is 0.200. The molecule has 1 aromatic carbocycles. The summed E-state index contributed by atoms with van der Waals surface area (Å²) < 4.78 is 5.71. The Bertz CT molecular complexity index is 1110. The minimum Gasteiger partial charge on any atom is -0.455 e. The Balaban J connectivity index is 1.40. The van der Waals surface area contributed by atoms with E-state index < -0.39 is 0 Å². The van der Waals surface area contributed by atoms with E-state index in [1.54, 1.807) is 36.5 Å². The van der Waals surface area contributed by atoms with Gasteiger partial charge in [0, 0.05) is 19.4 Å². The number of hydrogen-bond acceptors (Lipinski definition) is 6. The molecule has 3 heterocycles. The van der Waals surface area contributed by atoms with Crippen LogP contribution in [0.3, 0.4) is 0 Å². The molecule has 0 aliphatic rings. The van der Waals surface area contributed by atoms with Crippen molar-refractivity contribution in [2.75, 3.05) is 7.05 Å². The highest BCUT2D eigenvalue weighted by molar-refractivity contribution is 7.98. The number of para-hydroxylation sites is 1. The second-order valence-electron chi connectivity index (χ2n) is 6.40. The number of thioether (sulfide) groups is 1.